The molecule has 0 heterocycles. The molecule has 19 heteroatoms. The summed E-state index contributed by atoms with van der Waals surface area (Å²) in [7, 11) is -9.92. The van der Waals surface area contributed by atoms with E-state index in [1.165, 1.54) is 199 Å². The van der Waals surface area contributed by atoms with Crippen LogP contribution in [0.3, 0.4) is 0 Å². The van der Waals surface area contributed by atoms with Crippen molar-refractivity contribution in [3.05, 3.63) is 0 Å². The molecule has 0 radical (unpaired) electrons. The minimum Gasteiger partial charge on any atom is -0.462 e. The maximum atomic E-state index is 13.1. The molecule has 0 aromatic carbocycles. The van der Waals surface area contributed by atoms with E-state index in [0.717, 1.165) is 115 Å². The zero-order valence-corrected chi connectivity index (χ0v) is 66.9. The quantitative estimate of drug-likeness (QED) is 0.0222. The molecule has 99 heavy (non-hydrogen) atoms. The van der Waals surface area contributed by atoms with Gasteiger partial charge in [0.15, 0.2) is 12.2 Å². The highest BCUT2D eigenvalue weighted by atomic mass is 31.2. The van der Waals surface area contributed by atoms with Crippen LogP contribution in [0.5, 0.6) is 0 Å². The summed E-state index contributed by atoms with van der Waals surface area (Å²) >= 11 is 0. The number of carbonyl (C=O) groups excluding carboxylic acids is 4. The Hall–Kier alpha value is -1.94. The van der Waals surface area contributed by atoms with Gasteiger partial charge in [-0.2, -0.15) is 0 Å². The van der Waals surface area contributed by atoms with Gasteiger partial charge in [0.25, 0.3) is 0 Å². The standard InChI is InChI=1S/C80H156O17P2/c1-9-73(8)59-51-43-35-27-23-19-16-17-21-25-29-37-47-55-63-80(85)97-76(67-91-78(83)61-53-45-39-31-34-42-50-58-72(6)7)69-95-99(88,89)93-65-74(81)64-92-98(86,87)94-68-75(66-90-77(82)60-52-44-38-30-33-41-49-57-71(4)5)96-79(84)62-54-46-36-28-24-20-15-13-11-10-12-14-18-22-26-32-40-48-56-70(2)3/h70-76,81H,9-69H2,1-8H3,(H,86,87)(H,88,89)/t73?,74?,75-,76-/m1/s1. The smallest absolute Gasteiger partial charge is 0.462 e. The molecule has 0 spiro atoms. The molecule has 0 aliphatic carbocycles. The summed E-state index contributed by atoms with van der Waals surface area (Å²) in [5.41, 5.74) is 0. The van der Waals surface area contributed by atoms with Crippen molar-refractivity contribution in [2.24, 2.45) is 23.7 Å². The predicted molar refractivity (Wildman–Crippen MR) is 404 cm³/mol. The third-order valence-electron chi connectivity index (χ3n) is 18.9. The lowest BCUT2D eigenvalue weighted by Crippen LogP contribution is -2.30. The molecule has 0 aromatic rings. The molecule has 0 saturated carbocycles. The first-order valence-electron chi connectivity index (χ1n) is 41.2. The van der Waals surface area contributed by atoms with Crippen LogP contribution >= 0.6 is 15.6 Å². The van der Waals surface area contributed by atoms with E-state index < -0.39 is 97.5 Å². The molecule has 3 N–H and O–H groups in total. The first-order chi connectivity index (χ1) is 47.6. The highest BCUT2D eigenvalue weighted by molar-refractivity contribution is 7.47. The van der Waals surface area contributed by atoms with Gasteiger partial charge in [-0.25, -0.2) is 9.13 Å². The van der Waals surface area contributed by atoms with Crippen molar-refractivity contribution in [3.63, 3.8) is 0 Å². The summed E-state index contributed by atoms with van der Waals surface area (Å²) in [5.74, 6) is 0.958. The van der Waals surface area contributed by atoms with Crippen molar-refractivity contribution < 1.29 is 80.2 Å². The van der Waals surface area contributed by atoms with Crippen molar-refractivity contribution in [2.45, 2.75) is 427 Å². The molecular formula is C80H156O17P2. The van der Waals surface area contributed by atoms with Gasteiger partial charge in [-0.1, -0.05) is 357 Å². The first kappa shape index (κ1) is 97.1. The van der Waals surface area contributed by atoms with Crippen LogP contribution in [0.1, 0.15) is 409 Å². The number of aliphatic hydroxyl groups is 1. The van der Waals surface area contributed by atoms with Crippen molar-refractivity contribution in [2.75, 3.05) is 39.6 Å². The largest absolute Gasteiger partial charge is 0.472 e. The fraction of sp³-hybridized carbons (Fsp3) is 0.950. The summed E-state index contributed by atoms with van der Waals surface area (Å²) in [5, 5.41) is 10.6. The Labute approximate surface area is 607 Å². The molecule has 0 aliphatic heterocycles. The van der Waals surface area contributed by atoms with Crippen LogP contribution in [0.25, 0.3) is 0 Å². The fourth-order valence-electron chi connectivity index (χ4n) is 12.2. The zero-order chi connectivity index (χ0) is 73.1. The maximum Gasteiger partial charge on any atom is 0.472 e. The van der Waals surface area contributed by atoms with Crippen molar-refractivity contribution in [1.82, 2.24) is 0 Å². The number of hydrogen-bond donors (Lipinski definition) is 3. The Balaban J connectivity index is 5.17. The summed E-state index contributed by atoms with van der Waals surface area (Å²) in [6.45, 7) is 14.2. The van der Waals surface area contributed by atoms with E-state index in [-0.39, 0.29) is 25.7 Å². The van der Waals surface area contributed by atoms with Crippen LogP contribution in [0.4, 0.5) is 0 Å². The third-order valence-corrected chi connectivity index (χ3v) is 20.8. The number of esters is 4. The van der Waals surface area contributed by atoms with Gasteiger partial charge in [0.1, 0.15) is 19.3 Å². The summed E-state index contributed by atoms with van der Waals surface area (Å²) in [6.07, 6.45) is 55.7. The number of phosphoric acid groups is 2. The average Bonchev–Trinajstić information content (AvgIpc) is 1.11. The van der Waals surface area contributed by atoms with Crippen molar-refractivity contribution in [1.29, 1.82) is 0 Å². The molecule has 17 nitrogen and oxygen atoms in total. The van der Waals surface area contributed by atoms with Gasteiger partial charge in [-0.3, -0.25) is 37.3 Å². The van der Waals surface area contributed by atoms with E-state index >= 15 is 0 Å². The molecule has 0 aromatic heterocycles. The van der Waals surface area contributed by atoms with Crippen LogP contribution in [-0.4, -0.2) is 96.7 Å². The number of aliphatic hydroxyl groups excluding tert-OH is 1. The second kappa shape index (κ2) is 69.1. The van der Waals surface area contributed by atoms with Crippen LogP contribution in [-0.2, 0) is 65.4 Å². The fourth-order valence-corrected chi connectivity index (χ4v) is 13.8. The minimum absolute atomic E-state index is 0.106. The predicted octanol–water partition coefficient (Wildman–Crippen LogP) is 23.6. The van der Waals surface area contributed by atoms with Gasteiger partial charge in [-0.15, -0.1) is 0 Å². The normalized spacial score (nSPS) is 14.3. The summed E-state index contributed by atoms with van der Waals surface area (Å²) in [4.78, 5) is 72.9. The molecule has 6 atom stereocenters. The van der Waals surface area contributed by atoms with Gasteiger partial charge in [0, 0.05) is 25.7 Å². The molecule has 0 aliphatic rings. The van der Waals surface area contributed by atoms with E-state index in [1.807, 2.05) is 0 Å². The van der Waals surface area contributed by atoms with E-state index in [9.17, 15) is 43.2 Å². The average molecular weight is 1450 g/mol. The van der Waals surface area contributed by atoms with Crippen LogP contribution < -0.4 is 0 Å². The van der Waals surface area contributed by atoms with Crippen LogP contribution in [0, 0.1) is 23.7 Å². The minimum atomic E-state index is -4.96. The molecule has 0 bridgehead atoms. The summed E-state index contributed by atoms with van der Waals surface area (Å²) in [6, 6.07) is 0. The first-order valence-corrected chi connectivity index (χ1v) is 44.2. The van der Waals surface area contributed by atoms with E-state index in [1.54, 1.807) is 0 Å². The van der Waals surface area contributed by atoms with Crippen molar-refractivity contribution in [3.8, 4) is 0 Å². The van der Waals surface area contributed by atoms with E-state index in [2.05, 4.69) is 55.4 Å². The van der Waals surface area contributed by atoms with Gasteiger partial charge in [0.05, 0.1) is 26.4 Å². The number of ether oxygens (including phenoxy) is 4. The van der Waals surface area contributed by atoms with Gasteiger partial charge in [0.2, 0.25) is 0 Å². The number of carbonyl (C=O) groups is 4. The topological polar surface area (TPSA) is 237 Å². The summed E-state index contributed by atoms with van der Waals surface area (Å²) < 4.78 is 68.6. The number of phosphoric ester groups is 2. The SMILES string of the molecule is CCC(C)CCCCCCCCCCCCCCCCC(=O)O[C@H](COC(=O)CCCCCCCCCC(C)C)COP(=O)(O)OCC(O)COP(=O)(O)OC[C@@H](COC(=O)CCCCCCCCCC(C)C)OC(=O)CCCCCCCCCCCCCCCCCCCCC(C)C. The molecule has 0 amide bonds. The molecule has 4 unspecified atom stereocenters. The second-order valence-corrected chi connectivity index (χ2v) is 33.4. The molecule has 588 valence electrons. The Morgan fingerprint density at radius 1 is 0.283 bits per heavy atom. The Morgan fingerprint density at radius 2 is 0.485 bits per heavy atom. The molecule has 0 rings (SSSR count). The number of hydrogen-bond acceptors (Lipinski definition) is 15. The Bertz CT molecular complexity index is 1940. The highest BCUT2D eigenvalue weighted by Crippen LogP contribution is 2.45. The van der Waals surface area contributed by atoms with Crippen LogP contribution in [0.15, 0.2) is 0 Å². The Morgan fingerprint density at radius 3 is 0.717 bits per heavy atom. The lowest BCUT2D eigenvalue weighted by atomic mass is 9.99. The monoisotopic (exact) mass is 1450 g/mol. The maximum absolute atomic E-state index is 13.1. The van der Waals surface area contributed by atoms with E-state index in [0.29, 0.717) is 37.5 Å². The lowest BCUT2D eigenvalue weighted by molar-refractivity contribution is -0.161. The molecule has 0 fully saturated rings. The van der Waals surface area contributed by atoms with Crippen molar-refractivity contribution >= 4 is 39.5 Å². The molecular weight excluding hydrogens is 1290 g/mol. The Kier molecular flexibility index (Phi) is 67.8. The highest BCUT2D eigenvalue weighted by Gasteiger charge is 2.30. The van der Waals surface area contributed by atoms with Crippen LogP contribution in [0.2, 0.25) is 0 Å². The van der Waals surface area contributed by atoms with Gasteiger partial charge in [-0.05, 0) is 49.4 Å². The molecule has 0 saturated heterocycles. The lowest BCUT2D eigenvalue weighted by Gasteiger charge is -2.21. The second-order valence-electron chi connectivity index (χ2n) is 30.5. The number of unbranched alkanes of at least 4 members (excludes halogenated alkanes) is 42. The van der Waals surface area contributed by atoms with Gasteiger partial charge >= 0.3 is 39.5 Å². The third kappa shape index (κ3) is 72.8. The van der Waals surface area contributed by atoms with Gasteiger partial charge < -0.3 is 33.8 Å². The number of rotatable bonds is 77. The van der Waals surface area contributed by atoms with E-state index in [4.69, 9.17) is 37.0 Å². The zero-order valence-electron chi connectivity index (χ0n) is 65.1.